The van der Waals surface area contributed by atoms with Crippen molar-refractivity contribution in [3.05, 3.63) is 58.4 Å². The number of carbonyl (C=O) groups excluding carboxylic acids is 2. The Morgan fingerprint density at radius 3 is 2.79 bits per heavy atom. The Hall–Kier alpha value is -3.69. The molecule has 0 aliphatic carbocycles. The highest BCUT2D eigenvalue weighted by Gasteiger charge is 2.29. The van der Waals surface area contributed by atoms with Crippen LogP contribution < -0.4 is 14.4 Å². The minimum absolute atomic E-state index is 0.0307. The van der Waals surface area contributed by atoms with Crippen LogP contribution in [0.15, 0.2) is 42.5 Å². The molecule has 0 radical (unpaired) electrons. The highest BCUT2D eigenvalue weighted by Crippen LogP contribution is 2.35. The average molecular weight is 390 g/mol. The summed E-state index contributed by atoms with van der Waals surface area (Å²) in [4.78, 5) is 35.5. The van der Waals surface area contributed by atoms with Crippen LogP contribution in [-0.2, 0) is 14.3 Å². The summed E-state index contributed by atoms with van der Waals surface area (Å²) in [5.74, 6) is -1.53. The Labute approximate surface area is 158 Å². The molecule has 1 amide bonds. The van der Waals surface area contributed by atoms with E-state index in [1.807, 2.05) is 0 Å². The van der Waals surface area contributed by atoms with Crippen LogP contribution in [0.3, 0.4) is 0 Å². The van der Waals surface area contributed by atoms with E-state index in [1.165, 1.54) is 30.3 Å². The molecule has 0 unspecified atom stereocenters. The number of anilines is 1. The van der Waals surface area contributed by atoms with Gasteiger partial charge in [-0.15, -0.1) is 0 Å². The monoisotopic (exact) mass is 390 g/mol. The van der Waals surface area contributed by atoms with E-state index in [-0.39, 0.29) is 42.7 Å². The topological polar surface area (TPSA) is 108 Å². The third-order valence-corrected chi connectivity index (χ3v) is 3.82. The maximum atomic E-state index is 13.4. The van der Waals surface area contributed by atoms with E-state index in [2.05, 4.69) is 0 Å². The number of para-hydroxylation sites is 1. The number of ether oxygens (including phenoxy) is 3. The molecule has 0 atom stereocenters. The van der Waals surface area contributed by atoms with Crippen molar-refractivity contribution in [1.82, 2.24) is 0 Å². The van der Waals surface area contributed by atoms with E-state index in [9.17, 15) is 24.1 Å². The van der Waals surface area contributed by atoms with Crippen LogP contribution in [0.25, 0.3) is 0 Å². The maximum absolute atomic E-state index is 13.4. The fourth-order valence-electron chi connectivity index (χ4n) is 2.52. The molecule has 0 spiro atoms. The number of non-ortho nitro benzene ring substituents is 1. The lowest BCUT2D eigenvalue weighted by atomic mass is 10.2. The van der Waals surface area contributed by atoms with Crippen molar-refractivity contribution in [3.8, 4) is 11.5 Å². The summed E-state index contributed by atoms with van der Waals surface area (Å²) in [6, 6.07) is 9.55. The third-order valence-electron chi connectivity index (χ3n) is 3.82. The lowest BCUT2D eigenvalue weighted by Gasteiger charge is -2.28. The van der Waals surface area contributed by atoms with Gasteiger partial charge in [0.2, 0.25) is 0 Å². The highest BCUT2D eigenvalue weighted by atomic mass is 19.1. The van der Waals surface area contributed by atoms with Crippen molar-refractivity contribution in [2.24, 2.45) is 0 Å². The molecule has 146 valence electrons. The van der Waals surface area contributed by atoms with Crippen LogP contribution in [0.2, 0.25) is 0 Å². The molecule has 0 saturated heterocycles. The van der Waals surface area contributed by atoms with Gasteiger partial charge in [-0.3, -0.25) is 24.6 Å². The molecule has 9 nitrogen and oxygen atoms in total. The maximum Gasteiger partial charge on any atom is 0.326 e. The quantitative estimate of drug-likeness (QED) is 0.308. The van der Waals surface area contributed by atoms with Gasteiger partial charge in [0.05, 0.1) is 10.6 Å². The Bertz CT molecular complexity index is 919. The number of hydrogen-bond donors (Lipinski definition) is 0. The Kier molecular flexibility index (Phi) is 5.68. The number of hydrogen-bond acceptors (Lipinski definition) is 7. The van der Waals surface area contributed by atoms with Crippen LogP contribution in [0.1, 0.15) is 0 Å². The molecule has 0 bridgehead atoms. The zero-order valence-corrected chi connectivity index (χ0v) is 14.5. The molecule has 0 N–H and O–H groups in total. The Morgan fingerprint density at radius 1 is 1.25 bits per heavy atom. The number of benzene rings is 2. The fraction of sp³-hybridized carbons (Fsp3) is 0.222. The van der Waals surface area contributed by atoms with E-state index < -0.39 is 29.2 Å². The van der Waals surface area contributed by atoms with Gasteiger partial charge in [0.15, 0.2) is 18.2 Å². The van der Waals surface area contributed by atoms with Gasteiger partial charge in [-0.1, -0.05) is 12.1 Å². The largest absolute Gasteiger partial charge is 0.487 e. The summed E-state index contributed by atoms with van der Waals surface area (Å²) in [7, 11) is 0. The molecule has 0 fully saturated rings. The average Bonchev–Trinajstić information content (AvgIpc) is 2.68. The number of carbonyl (C=O) groups is 2. The van der Waals surface area contributed by atoms with Gasteiger partial charge in [-0.25, -0.2) is 4.39 Å². The Morgan fingerprint density at radius 2 is 2.04 bits per heavy atom. The van der Waals surface area contributed by atoms with Crippen molar-refractivity contribution in [2.45, 2.75) is 0 Å². The second-order valence-electron chi connectivity index (χ2n) is 5.68. The van der Waals surface area contributed by atoms with Crippen molar-refractivity contribution in [3.63, 3.8) is 0 Å². The molecule has 1 aliphatic heterocycles. The number of esters is 1. The summed E-state index contributed by atoms with van der Waals surface area (Å²) in [5.41, 5.74) is -0.126. The number of fused-ring (bicyclic) bond motifs is 1. The zero-order chi connectivity index (χ0) is 20.1. The first kappa shape index (κ1) is 19.1. The molecule has 0 aromatic heterocycles. The van der Waals surface area contributed by atoms with Gasteiger partial charge < -0.3 is 14.2 Å². The van der Waals surface area contributed by atoms with Gasteiger partial charge in [0.25, 0.3) is 11.6 Å². The number of nitro benzene ring substituents is 1. The van der Waals surface area contributed by atoms with Crippen molar-refractivity contribution >= 4 is 23.3 Å². The molecule has 10 heteroatoms. The molecule has 3 rings (SSSR count). The fourth-order valence-corrected chi connectivity index (χ4v) is 2.52. The van der Waals surface area contributed by atoms with Gasteiger partial charge in [0.1, 0.15) is 25.5 Å². The SMILES string of the molecule is O=C(CN1C(=O)COc2ccc([N+](=O)[O-])cc21)OCCOc1ccccc1F. The summed E-state index contributed by atoms with van der Waals surface area (Å²) in [6.45, 7) is -0.982. The molecule has 1 aliphatic rings. The van der Waals surface area contributed by atoms with Crippen molar-refractivity contribution in [2.75, 3.05) is 31.3 Å². The predicted molar refractivity (Wildman–Crippen MR) is 93.8 cm³/mol. The van der Waals surface area contributed by atoms with E-state index in [1.54, 1.807) is 6.07 Å². The lowest BCUT2D eigenvalue weighted by Crippen LogP contribution is -2.42. The molecule has 1 heterocycles. The van der Waals surface area contributed by atoms with E-state index >= 15 is 0 Å². The smallest absolute Gasteiger partial charge is 0.326 e. The van der Waals surface area contributed by atoms with Gasteiger partial charge in [0, 0.05) is 12.1 Å². The first-order chi connectivity index (χ1) is 13.5. The van der Waals surface area contributed by atoms with Crippen molar-refractivity contribution in [1.29, 1.82) is 0 Å². The van der Waals surface area contributed by atoms with Gasteiger partial charge in [-0.2, -0.15) is 0 Å². The summed E-state index contributed by atoms with van der Waals surface area (Å²) >= 11 is 0. The number of halogens is 1. The van der Waals surface area contributed by atoms with Crippen molar-refractivity contribution < 1.29 is 33.1 Å². The van der Waals surface area contributed by atoms with Gasteiger partial charge in [-0.05, 0) is 18.2 Å². The minimum atomic E-state index is -0.746. The van der Waals surface area contributed by atoms with Crippen LogP contribution in [0.4, 0.5) is 15.8 Å². The Balaban J connectivity index is 1.58. The summed E-state index contributed by atoms with van der Waals surface area (Å²) in [5, 5.41) is 10.9. The molecule has 2 aromatic carbocycles. The van der Waals surface area contributed by atoms with Crippen LogP contribution in [0.5, 0.6) is 11.5 Å². The zero-order valence-electron chi connectivity index (χ0n) is 14.5. The van der Waals surface area contributed by atoms with Crippen LogP contribution in [-0.4, -0.2) is 43.2 Å². The summed E-state index contributed by atoms with van der Waals surface area (Å²) in [6.07, 6.45) is 0. The van der Waals surface area contributed by atoms with E-state index in [0.29, 0.717) is 0 Å². The standard InChI is InChI=1S/C18H15FN2O7/c19-13-3-1-2-4-15(13)26-7-8-27-18(23)10-20-14-9-12(21(24)25)5-6-16(14)28-11-17(20)22/h1-6,9H,7-8,10-11H2. The molecular weight excluding hydrogens is 375 g/mol. The summed E-state index contributed by atoms with van der Waals surface area (Å²) < 4.78 is 28.8. The lowest BCUT2D eigenvalue weighted by molar-refractivity contribution is -0.384. The normalized spacial score (nSPS) is 12.8. The number of amides is 1. The van der Waals surface area contributed by atoms with Crippen LogP contribution in [0, 0.1) is 15.9 Å². The first-order valence-corrected chi connectivity index (χ1v) is 8.20. The highest BCUT2D eigenvalue weighted by molar-refractivity contribution is 6.01. The van der Waals surface area contributed by atoms with Crippen LogP contribution >= 0.6 is 0 Å². The second kappa shape index (κ2) is 8.33. The number of nitrogens with zero attached hydrogens (tertiary/aromatic N) is 2. The van der Waals surface area contributed by atoms with E-state index in [4.69, 9.17) is 14.2 Å². The van der Waals surface area contributed by atoms with E-state index in [0.717, 1.165) is 11.0 Å². The minimum Gasteiger partial charge on any atom is -0.487 e. The van der Waals surface area contributed by atoms with Gasteiger partial charge >= 0.3 is 5.97 Å². The predicted octanol–water partition coefficient (Wildman–Crippen LogP) is 2.08. The third kappa shape index (κ3) is 4.34. The second-order valence-corrected chi connectivity index (χ2v) is 5.68. The molecule has 2 aromatic rings. The molecule has 28 heavy (non-hydrogen) atoms. The molecular formula is C18H15FN2O7. The molecule has 0 saturated carbocycles. The first-order valence-electron chi connectivity index (χ1n) is 8.20. The number of rotatable bonds is 7. The number of nitro groups is 1.